The maximum atomic E-state index is 12.4. The van der Waals surface area contributed by atoms with Gasteiger partial charge >= 0.3 is 0 Å². The summed E-state index contributed by atoms with van der Waals surface area (Å²) < 4.78 is 6.79. The van der Waals surface area contributed by atoms with Crippen LogP contribution in [0.25, 0.3) is 11.2 Å². The molecule has 5 rings (SSSR count). The fraction of sp³-hybridized carbons (Fsp3) is 0.455. The smallest absolute Gasteiger partial charge is 0.293 e. The number of hydrogen-bond donors (Lipinski definition) is 6. The molecule has 0 aliphatic carbocycles. The zero-order valence-electron chi connectivity index (χ0n) is 20.1. The van der Waals surface area contributed by atoms with Crippen molar-refractivity contribution in [3.05, 3.63) is 44.2 Å². The molecule has 1 aromatic carbocycles. The fourth-order valence-corrected chi connectivity index (χ4v) is 4.75. The van der Waals surface area contributed by atoms with E-state index in [0.29, 0.717) is 11.3 Å². The number of imidazole rings is 1. The van der Waals surface area contributed by atoms with E-state index < -0.39 is 41.6 Å². The van der Waals surface area contributed by atoms with Gasteiger partial charge in [-0.3, -0.25) is 24.5 Å². The van der Waals surface area contributed by atoms with Gasteiger partial charge in [0.15, 0.2) is 17.4 Å². The molecular formula is C22H27N9O7. The number of nitrogens with zero attached hydrogens (tertiary/aromatic N) is 6. The Morgan fingerprint density at radius 3 is 2.71 bits per heavy atom. The van der Waals surface area contributed by atoms with Crippen molar-refractivity contribution in [2.75, 3.05) is 35.8 Å². The first-order chi connectivity index (χ1) is 18.3. The Morgan fingerprint density at radius 1 is 1.26 bits per heavy atom. The third-order valence-corrected chi connectivity index (χ3v) is 6.61. The first kappa shape index (κ1) is 25.5. The van der Waals surface area contributed by atoms with Crippen molar-refractivity contribution in [1.82, 2.24) is 19.5 Å². The van der Waals surface area contributed by atoms with Gasteiger partial charge in [-0.1, -0.05) is 6.07 Å². The molecule has 2 aromatic heterocycles. The largest absolute Gasteiger partial charge is 0.394 e. The number of benzene rings is 1. The number of nitro benzene ring substituents is 1. The number of anilines is 3. The van der Waals surface area contributed by atoms with Crippen LogP contribution in [0, 0.1) is 10.1 Å². The summed E-state index contributed by atoms with van der Waals surface area (Å²) in [5.74, 6) is -0.305. The molecule has 0 radical (unpaired) electrons. The number of hydrazone groups is 1. The molecule has 38 heavy (non-hydrogen) atoms. The molecule has 16 nitrogen and oxygen atoms in total. The van der Waals surface area contributed by atoms with E-state index in [1.165, 1.54) is 16.8 Å². The van der Waals surface area contributed by atoms with E-state index in [2.05, 4.69) is 25.5 Å². The van der Waals surface area contributed by atoms with Gasteiger partial charge in [0.2, 0.25) is 11.9 Å². The van der Waals surface area contributed by atoms with E-state index in [9.17, 15) is 30.2 Å². The molecule has 16 heteroatoms. The number of piperidine rings is 1. The molecule has 0 amide bonds. The second-order valence-corrected chi connectivity index (χ2v) is 9.08. The molecule has 4 atom stereocenters. The molecule has 2 aliphatic rings. The zero-order valence-corrected chi connectivity index (χ0v) is 20.1. The van der Waals surface area contributed by atoms with Crippen LogP contribution in [0.15, 0.2) is 28.1 Å². The summed E-state index contributed by atoms with van der Waals surface area (Å²) in [6.07, 6.45) is -0.917. The van der Waals surface area contributed by atoms with Crippen LogP contribution in [0.5, 0.6) is 0 Å². The molecule has 3 aromatic rings. The van der Waals surface area contributed by atoms with E-state index in [0.717, 1.165) is 32.4 Å². The average molecular weight is 530 g/mol. The van der Waals surface area contributed by atoms with Crippen molar-refractivity contribution < 1.29 is 25.0 Å². The molecule has 0 saturated carbocycles. The predicted octanol–water partition coefficient (Wildman–Crippen LogP) is -0.342. The summed E-state index contributed by atoms with van der Waals surface area (Å²) >= 11 is 0. The summed E-state index contributed by atoms with van der Waals surface area (Å²) in [4.78, 5) is 36.3. The number of rotatable bonds is 7. The number of nitrogen functional groups attached to an aromatic ring is 1. The number of nitrogens with two attached hydrogens (primary N) is 1. The van der Waals surface area contributed by atoms with Gasteiger partial charge in [0, 0.05) is 24.7 Å². The minimum Gasteiger partial charge on any atom is -0.394 e. The summed E-state index contributed by atoms with van der Waals surface area (Å²) in [6.45, 7) is 0.944. The fourth-order valence-electron chi connectivity index (χ4n) is 4.75. The van der Waals surface area contributed by atoms with E-state index >= 15 is 0 Å². The lowest BCUT2D eigenvalue weighted by atomic mass is 10.1. The van der Waals surface area contributed by atoms with Gasteiger partial charge in [0.1, 0.15) is 24.0 Å². The van der Waals surface area contributed by atoms with Crippen molar-refractivity contribution in [2.24, 2.45) is 5.10 Å². The van der Waals surface area contributed by atoms with Crippen LogP contribution in [-0.4, -0.2) is 84.0 Å². The van der Waals surface area contributed by atoms with Crippen molar-refractivity contribution >= 4 is 40.6 Å². The minimum absolute atomic E-state index is 0.0409. The molecular weight excluding hydrogens is 502 g/mol. The number of aromatic nitrogens is 4. The third-order valence-electron chi connectivity index (χ3n) is 6.61. The van der Waals surface area contributed by atoms with Crippen LogP contribution < -0.4 is 21.6 Å². The standard InChI is InChI=1S/C22H27N9O7/c23-21-26-18-15(19(35)27-21)25-22(30(18)20-17(34)16(33)14(10-32)38-20)28-24-9-11-4-5-12(13(8-11)31(36)37)29-6-2-1-3-7-29/h4-5,8-9,14,16-17,20,32-34H,1-3,6-7,10H2,(H,25,28)(H3,23,26,27,35)/b24-9-/t14-,16+,17-,20-/m1/s1. The molecule has 7 N–H and O–H groups in total. The molecule has 4 heterocycles. The Morgan fingerprint density at radius 2 is 2.03 bits per heavy atom. The van der Waals surface area contributed by atoms with Crippen molar-refractivity contribution in [3.63, 3.8) is 0 Å². The lowest BCUT2D eigenvalue weighted by molar-refractivity contribution is -0.384. The number of fused-ring (bicyclic) bond motifs is 1. The lowest BCUT2D eigenvalue weighted by Crippen LogP contribution is -2.33. The monoisotopic (exact) mass is 529 g/mol. The van der Waals surface area contributed by atoms with Crippen LogP contribution in [-0.2, 0) is 4.74 Å². The number of nitrogens with one attached hydrogen (secondary N) is 2. The van der Waals surface area contributed by atoms with Crippen LogP contribution >= 0.6 is 0 Å². The van der Waals surface area contributed by atoms with Crippen molar-refractivity contribution in [3.8, 4) is 0 Å². The lowest BCUT2D eigenvalue weighted by Gasteiger charge is -2.28. The summed E-state index contributed by atoms with van der Waals surface area (Å²) in [7, 11) is 0. The van der Waals surface area contributed by atoms with Gasteiger partial charge in [-0.2, -0.15) is 10.1 Å². The highest BCUT2D eigenvalue weighted by Crippen LogP contribution is 2.34. The van der Waals surface area contributed by atoms with Crippen LogP contribution in [0.1, 0.15) is 31.1 Å². The molecule has 2 saturated heterocycles. The molecule has 202 valence electrons. The van der Waals surface area contributed by atoms with Crippen LogP contribution in [0.3, 0.4) is 0 Å². The van der Waals surface area contributed by atoms with E-state index in [1.807, 2.05) is 4.90 Å². The Balaban J connectivity index is 1.47. The summed E-state index contributed by atoms with van der Waals surface area (Å²) in [5, 5.41) is 46.1. The number of aromatic amines is 1. The van der Waals surface area contributed by atoms with Crippen molar-refractivity contribution in [2.45, 2.75) is 43.8 Å². The molecule has 0 spiro atoms. The number of H-pyrrole nitrogens is 1. The average Bonchev–Trinajstić information content (AvgIpc) is 3.40. The topological polar surface area (TPSA) is 230 Å². The quantitative estimate of drug-likeness (QED) is 0.131. The Kier molecular flexibility index (Phi) is 6.94. The first-order valence-corrected chi connectivity index (χ1v) is 12.0. The normalized spacial score (nSPS) is 23.9. The van der Waals surface area contributed by atoms with Gasteiger partial charge in [-0.05, 0) is 25.3 Å². The first-order valence-electron chi connectivity index (χ1n) is 12.0. The predicted molar refractivity (Wildman–Crippen MR) is 136 cm³/mol. The van der Waals surface area contributed by atoms with E-state index in [1.54, 1.807) is 12.1 Å². The minimum atomic E-state index is -1.50. The zero-order chi connectivity index (χ0) is 27.0. The number of ether oxygens (including phenoxy) is 1. The maximum Gasteiger partial charge on any atom is 0.293 e. The number of aliphatic hydroxyl groups is 3. The Hall–Kier alpha value is -4.12. The van der Waals surface area contributed by atoms with Gasteiger partial charge in [0.05, 0.1) is 17.7 Å². The Labute approximate surface area is 214 Å². The second kappa shape index (κ2) is 10.3. The third kappa shape index (κ3) is 4.65. The van der Waals surface area contributed by atoms with Crippen LogP contribution in [0.4, 0.5) is 23.3 Å². The highest BCUT2D eigenvalue weighted by molar-refractivity contribution is 5.84. The van der Waals surface area contributed by atoms with Crippen molar-refractivity contribution in [1.29, 1.82) is 0 Å². The number of nitro groups is 1. The van der Waals surface area contributed by atoms with Crippen LogP contribution in [0.2, 0.25) is 0 Å². The Bertz CT molecular complexity index is 1430. The maximum absolute atomic E-state index is 12.4. The summed E-state index contributed by atoms with van der Waals surface area (Å²) in [5.41, 5.74) is 8.41. The van der Waals surface area contributed by atoms with Gasteiger partial charge in [-0.15, -0.1) is 0 Å². The molecule has 2 aliphatic heterocycles. The number of aliphatic hydroxyl groups excluding tert-OH is 3. The van der Waals surface area contributed by atoms with Gasteiger partial charge < -0.3 is 30.7 Å². The number of hydrogen-bond acceptors (Lipinski definition) is 13. The van der Waals surface area contributed by atoms with Gasteiger partial charge in [-0.25, -0.2) is 10.4 Å². The highest BCUT2D eigenvalue weighted by Gasteiger charge is 2.45. The van der Waals surface area contributed by atoms with E-state index in [4.69, 9.17) is 10.5 Å². The SMILES string of the molecule is Nc1nc2c(nc(N/N=C\c3ccc(N4CCCCC4)c([N+](=O)[O-])c3)n2[C@@H]2O[C@H](CO)[C@H](O)[C@H]2O)c(=O)[nH]1. The molecule has 2 fully saturated rings. The molecule has 0 bridgehead atoms. The van der Waals surface area contributed by atoms with Gasteiger partial charge in [0.25, 0.3) is 11.2 Å². The summed E-state index contributed by atoms with van der Waals surface area (Å²) in [6, 6.07) is 4.80. The molecule has 0 unspecified atom stereocenters. The second-order valence-electron chi connectivity index (χ2n) is 9.08. The highest BCUT2D eigenvalue weighted by atomic mass is 16.6. The van der Waals surface area contributed by atoms with E-state index in [-0.39, 0.29) is 28.7 Å².